The lowest BCUT2D eigenvalue weighted by Crippen LogP contribution is -2.40. The summed E-state index contributed by atoms with van der Waals surface area (Å²) in [5.41, 5.74) is 6.17. The Kier molecular flexibility index (Phi) is 5.05. The number of nitrogens with two attached hydrogens (primary N) is 1. The number of benzene rings is 1. The minimum Gasteiger partial charge on any atom is -0.480 e. The Morgan fingerprint density at radius 1 is 1.44 bits per heavy atom. The molecule has 1 aromatic carbocycles. The highest BCUT2D eigenvalue weighted by Gasteiger charge is 2.25. The number of aliphatic carboxylic acids is 1. The second-order valence-electron chi connectivity index (χ2n) is 3.16. The van der Waals surface area contributed by atoms with E-state index in [1.165, 1.54) is 0 Å². The van der Waals surface area contributed by atoms with Crippen molar-refractivity contribution < 1.29 is 19.2 Å². The van der Waals surface area contributed by atoms with Gasteiger partial charge >= 0.3 is 5.97 Å². The first-order chi connectivity index (χ1) is 7.65. The average molecular weight is 241 g/mol. The predicted octanol–water partition coefficient (Wildman–Crippen LogP) is 1.23. The normalized spacial score (nSPS) is 14.6. The zero-order valence-electron chi connectivity index (χ0n) is 8.45. The number of carbonyl (C=O) groups is 1. The standard InChI is InChI=1S/C10H12NO4P/c11-8(9(12)13)10(16-14)15-6-7-4-2-1-3-5-7/h1-5,8,10H,6,11H2,(H,12,13)/t8-,10?/m1/s1. The lowest BCUT2D eigenvalue weighted by Gasteiger charge is -2.14. The van der Waals surface area contributed by atoms with Crippen LogP contribution in [0.3, 0.4) is 0 Å². The van der Waals surface area contributed by atoms with Crippen LogP contribution in [0.4, 0.5) is 0 Å². The van der Waals surface area contributed by atoms with Gasteiger partial charge in [0, 0.05) is 0 Å². The van der Waals surface area contributed by atoms with Gasteiger partial charge in [0.25, 0.3) is 0 Å². The molecule has 0 bridgehead atoms. The first kappa shape index (κ1) is 12.8. The average Bonchev–Trinajstić information content (AvgIpc) is 2.30. The van der Waals surface area contributed by atoms with Crippen LogP contribution in [0.2, 0.25) is 0 Å². The fourth-order valence-electron chi connectivity index (χ4n) is 1.08. The van der Waals surface area contributed by atoms with Crippen LogP contribution in [0.15, 0.2) is 30.3 Å². The van der Waals surface area contributed by atoms with Crippen LogP contribution in [0, 0.1) is 0 Å². The van der Waals surface area contributed by atoms with Crippen molar-refractivity contribution in [3.05, 3.63) is 35.9 Å². The summed E-state index contributed by atoms with van der Waals surface area (Å²) in [6.07, 6.45) is 0. The van der Waals surface area contributed by atoms with Crippen molar-refractivity contribution in [3.63, 3.8) is 0 Å². The Morgan fingerprint density at radius 2 is 2.06 bits per heavy atom. The Bertz CT molecular complexity index is 357. The van der Waals surface area contributed by atoms with Crippen LogP contribution in [0.1, 0.15) is 5.56 Å². The highest BCUT2D eigenvalue weighted by Crippen LogP contribution is 2.14. The summed E-state index contributed by atoms with van der Waals surface area (Å²) in [7, 11) is -0.428. The third-order valence-electron chi connectivity index (χ3n) is 1.96. The Labute approximate surface area is 94.4 Å². The van der Waals surface area contributed by atoms with Crippen molar-refractivity contribution in [2.45, 2.75) is 18.5 Å². The van der Waals surface area contributed by atoms with Crippen LogP contribution < -0.4 is 5.73 Å². The third kappa shape index (κ3) is 3.70. The van der Waals surface area contributed by atoms with Crippen LogP contribution in [0.5, 0.6) is 0 Å². The van der Waals surface area contributed by atoms with E-state index in [0.717, 1.165) is 5.56 Å². The first-order valence-corrected chi connectivity index (χ1v) is 5.49. The molecule has 0 heterocycles. The van der Waals surface area contributed by atoms with Gasteiger partial charge in [-0.2, -0.15) is 0 Å². The van der Waals surface area contributed by atoms with Gasteiger partial charge in [0.05, 0.1) is 6.61 Å². The maximum Gasteiger partial charge on any atom is 0.324 e. The summed E-state index contributed by atoms with van der Waals surface area (Å²) < 4.78 is 15.9. The summed E-state index contributed by atoms with van der Waals surface area (Å²) in [5, 5.41) is 8.63. The molecule has 0 aliphatic rings. The van der Waals surface area contributed by atoms with Crippen molar-refractivity contribution in [2.24, 2.45) is 5.73 Å². The molecule has 0 spiro atoms. The van der Waals surface area contributed by atoms with Gasteiger partial charge in [0.2, 0.25) is 0 Å². The van der Waals surface area contributed by atoms with E-state index < -0.39 is 26.3 Å². The molecule has 0 saturated carbocycles. The van der Waals surface area contributed by atoms with E-state index in [1.54, 1.807) is 0 Å². The van der Waals surface area contributed by atoms with Crippen LogP contribution >= 0.6 is 8.46 Å². The van der Waals surface area contributed by atoms with Crippen LogP contribution in [-0.2, 0) is 20.7 Å². The molecule has 0 aliphatic heterocycles. The highest BCUT2D eigenvalue weighted by molar-refractivity contribution is 7.24. The fourth-order valence-corrected chi connectivity index (χ4v) is 1.47. The lowest BCUT2D eigenvalue weighted by atomic mass is 10.2. The van der Waals surface area contributed by atoms with Crippen LogP contribution in [-0.4, -0.2) is 23.0 Å². The maximum atomic E-state index is 10.7. The van der Waals surface area contributed by atoms with Crippen molar-refractivity contribution in [1.29, 1.82) is 0 Å². The largest absolute Gasteiger partial charge is 0.480 e. The SMILES string of the molecule is N[C@H](C(=O)O)C(OCc1ccccc1)P=O. The van der Waals surface area contributed by atoms with Gasteiger partial charge in [-0.25, -0.2) is 0 Å². The summed E-state index contributed by atoms with van der Waals surface area (Å²) in [4.78, 5) is 10.6. The van der Waals surface area contributed by atoms with Gasteiger partial charge in [-0.15, -0.1) is 0 Å². The fraction of sp³-hybridized carbons (Fsp3) is 0.300. The second kappa shape index (κ2) is 6.33. The van der Waals surface area contributed by atoms with E-state index in [1.807, 2.05) is 30.3 Å². The molecule has 0 radical (unpaired) electrons. The quantitative estimate of drug-likeness (QED) is 0.731. The van der Waals surface area contributed by atoms with Gasteiger partial charge in [0.15, 0.2) is 14.3 Å². The summed E-state index contributed by atoms with van der Waals surface area (Å²) in [5.74, 6) is -2.26. The molecule has 1 rings (SSSR count). The maximum absolute atomic E-state index is 10.7. The van der Waals surface area contributed by atoms with Crippen LogP contribution in [0.25, 0.3) is 0 Å². The van der Waals surface area contributed by atoms with Gasteiger partial charge < -0.3 is 15.6 Å². The van der Waals surface area contributed by atoms with E-state index in [0.29, 0.717) is 0 Å². The number of carboxylic acids is 1. The summed E-state index contributed by atoms with van der Waals surface area (Å²) in [6.45, 7) is 0.182. The van der Waals surface area contributed by atoms with Crippen molar-refractivity contribution in [2.75, 3.05) is 0 Å². The number of carboxylic acid groups (broad SMARTS) is 1. The molecule has 16 heavy (non-hydrogen) atoms. The van der Waals surface area contributed by atoms with E-state index in [2.05, 4.69) is 0 Å². The number of rotatable bonds is 6. The van der Waals surface area contributed by atoms with E-state index >= 15 is 0 Å². The topological polar surface area (TPSA) is 89.6 Å². The minimum absolute atomic E-state index is 0.182. The molecule has 2 atom stereocenters. The number of ether oxygens (including phenoxy) is 1. The molecule has 1 aromatic rings. The number of hydrogen-bond donors (Lipinski definition) is 2. The Hall–Kier alpha value is -1.29. The van der Waals surface area contributed by atoms with Gasteiger partial charge in [-0.3, -0.25) is 9.36 Å². The van der Waals surface area contributed by atoms with Gasteiger partial charge in [-0.1, -0.05) is 30.3 Å². The zero-order valence-corrected chi connectivity index (χ0v) is 9.34. The van der Waals surface area contributed by atoms with E-state index in [9.17, 15) is 9.36 Å². The zero-order chi connectivity index (χ0) is 12.0. The lowest BCUT2D eigenvalue weighted by molar-refractivity contribution is -0.140. The smallest absolute Gasteiger partial charge is 0.324 e. The monoisotopic (exact) mass is 241 g/mol. The second-order valence-corrected chi connectivity index (χ2v) is 3.88. The van der Waals surface area contributed by atoms with Crippen molar-refractivity contribution in [3.8, 4) is 0 Å². The molecule has 0 saturated heterocycles. The third-order valence-corrected chi connectivity index (χ3v) is 2.64. The van der Waals surface area contributed by atoms with Crippen molar-refractivity contribution in [1.82, 2.24) is 0 Å². The number of hydrogen-bond acceptors (Lipinski definition) is 4. The predicted molar refractivity (Wildman–Crippen MR) is 58.2 cm³/mol. The summed E-state index contributed by atoms with van der Waals surface area (Å²) >= 11 is 0. The highest BCUT2D eigenvalue weighted by atomic mass is 31.1. The Balaban J connectivity index is 2.52. The molecule has 0 aromatic heterocycles. The van der Waals surface area contributed by atoms with E-state index in [-0.39, 0.29) is 6.61 Å². The van der Waals surface area contributed by atoms with Crippen molar-refractivity contribution >= 4 is 14.4 Å². The molecule has 86 valence electrons. The summed E-state index contributed by atoms with van der Waals surface area (Å²) in [6, 6.07) is 7.88. The molecule has 0 fully saturated rings. The molecule has 1 unspecified atom stereocenters. The van der Waals surface area contributed by atoms with Gasteiger partial charge in [-0.05, 0) is 5.56 Å². The molecular weight excluding hydrogens is 229 g/mol. The molecule has 3 N–H and O–H groups in total. The molecule has 0 amide bonds. The molecular formula is C10H12NO4P. The first-order valence-electron chi connectivity index (χ1n) is 4.61. The molecule has 0 aliphatic carbocycles. The minimum atomic E-state index is -1.29. The Morgan fingerprint density at radius 3 is 2.56 bits per heavy atom. The molecule has 5 nitrogen and oxygen atoms in total. The molecule has 6 heteroatoms. The van der Waals surface area contributed by atoms with E-state index in [4.69, 9.17) is 15.6 Å². The van der Waals surface area contributed by atoms with Gasteiger partial charge in [0.1, 0.15) is 6.04 Å².